The van der Waals surface area contributed by atoms with Crippen molar-refractivity contribution in [1.29, 1.82) is 0 Å². The summed E-state index contributed by atoms with van der Waals surface area (Å²) in [6, 6.07) is 6.51. The third-order valence-corrected chi connectivity index (χ3v) is 3.73. The molecule has 6 heteroatoms. The first-order chi connectivity index (χ1) is 9.49. The molecule has 0 aromatic heterocycles. The van der Waals surface area contributed by atoms with Gasteiger partial charge in [-0.25, -0.2) is 0 Å². The normalized spacial score (nSPS) is 10.3. The molecule has 0 bridgehead atoms. The Morgan fingerprint density at radius 1 is 1.20 bits per heavy atom. The molecule has 104 valence electrons. The molecular formula is C14H10BrClO4. The van der Waals surface area contributed by atoms with Gasteiger partial charge in [0.15, 0.2) is 17.8 Å². The van der Waals surface area contributed by atoms with Gasteiger partial charge >= 0.3 is 0 Å². The maximum Gasteiger partial charge on any atom is 0.201 e. The molecule has 0 aliphatic heterocycles. The lowest BCUT2D eigenvalue weighted by Crippen LogP contribution is -1.94. The molecule has 2 rings (SSSR count). The fourth-order valence-corrected chi connectivity index (χ4v) is 2.75. The summed E-state index contributed by atoms with van der Waals surface area (Å²) in [7, 11) is 1.36. The minimum Gasteiger partial charge on any atom is -0.504 e. The van der Waals surface area contributed by atoms with Gasteiger partial charge in [-0.1, -0.05) is 33.6 Å². The Balaban J connectivity index is 2.78. The number of carbonyl (C=O) groups is 1. The Labute approximate surface area is 128 Å². The van der Waals surface area contributed by atoms with Crippen LogP contribution in [0.4, 0.5) is 0 Å². The molecule has 0 heterocycles. The van der Waals surface area contributed by atoms with E-state index in [0.717, 1.165) is 0 Å². The summed E-state index contributed by atoms with van der Waals surface area (Å²) in [6.45, 7) is 0. The topological polar surface area (TPSA) is 66.8 Å². The fourth-order valence-electron chi connectivity index (χ4n) is 1.85. The Bertz CT molecular complexity index is 685. The monoisotopic (exact) mass is 356 g/mol. The van der Waals surface area contributed by atoms with Crippen molar-refractivity contribution in [2.75, 3.05) is 7.11 Å². The lowest BCUT2D eigenvalue weighted by atomic mass is 9.98. The number of phenolic OH excluding ortho intramolecular Hbond substituents is 2. The molecule has 20 heavy (non-hydrogen) atoms. The van der Waals surface area contributed by atoms with Gasteiger partial charge in [-0.3, -0.25) is 4.79 Å². The van der Waals surface area contributed by atoms with Crippen LogP contribution in [0.15, 0.2) is 28.7 Å². The first-order valence-electron chi connectivity index (χ1n) is 5.53. The minimum absolute atomic E-state index is 0.0219. The van der Waals surface area contributed by atoms with Gasteiger partial charge in [0.1, 0.15) is 0 Å². The predicted octanol–water partition coefficient (Wildman–Crippen LogP) is 4.00. The lowest BCUT2D eigenvalue weighted by Gasteiger charge is -2.13. The smallest absolute Gasteiger partial charge is 0.201 e. The zero-order valence-electron chi connectivity index (χ0n) is 10.4. The second kappa shape index (κ2) is 5.73. The first kappa shape index (κ1) is 14.7. The largest absolute Gasteiger partial charge is 0.504 e. The number of aldehydes is 1. The molecule has 2 aromatic carbocycles. The Hall–Kier alpha value is -1.72. The van der Waals surface area contributed by atoms with E-state index in [1.54, 1.807) is 18.2 Å². The van der Waals surface area contributed by atoms with Crippen molar-refractivity contribution in [3.8, 4) is 28.4 Å². The van der Waals surface area contributed by atoms with Crippen molar-refractivity contribution in [3.63, 3.8) is 0 Å². The molecule has 0 spiro atoms. The van der Waals surface area contributed by atoms with Crippen molar-refractivity contribution >= 4 is 33.8 Å². The number of halogens is 2. The third kappa shape index (κ3) is 2.46. The van der Waals surface area contributed by atoms with Gasteiger partial charge in [0, 0.05) is 15.1 Å². The van der Waals surface area contributed by atoms with Gasteiger partial charge in [0.25, 0.3) is 0 Å². The van der Waals surface area contributed by atoms with E-state index in [2.05, 4.69) is 15.9 Å². The highest BCUT2D eigenvalue weighted by molar-refractivity contribution is 9.10. The van der Waals surface area contributed by atoms with E-state index in [1.165, 1.54) is 13.2 Å². The Morgan fingerprint density at radius 2 is 1.90 bits per heavy atom. The molecule has 2 aromatic rings. The van der Waals surface area contributed by atoms with E-state index in [0.29, 0.717) is 26.9 Å². The molecule has 0 aliphatic carbocycles. The van der Waals surface area contributed by atoms with Crippen molar-refractivity contribution < 1.29 is 19.7 Å². The highest BCUT2D eigenvalue weighted by Gasteiger charge is 2.19. The highest BCUT2D eigenvalue weighted by atomic mass is 79.9. The van der Waals surface area contributed by atoms with Gasteiger partial charge < -0.3 is 14.9 Å². The summed E-state index contributed by atoms with van der Waals surface area (Å²) in [5, 5.41) is 20.2. The zero-order valence-corrected chi connectivity index (χ0v) is 12.7. The molecule has 0 atom stereocenters. The Kier molecular flexibility index (Phi) is 4.20. The predicted molar refractivity (Wildman–Crippen MR) is 79.9 cm³/mol. The second-order valence-electron chi connectivity index (χ2n) is 3.98. The molecule has 0 saturated carbocycles. The quantitative estimate of drug-likeness (QED) is 0.643. The SMILES string of the molecule is COc1cc(-c2ccc(Cl)cc2Br)c(C=O)c(O)c1O. The van der Waals surface area contributed by atoms with Crippen LogP contribution >= 0.6 is 27.5 Å². The van der Waals surface area contributed by atoms with E-state index >= 15 is 0 Å². The molecule has 0 radical (unpaired) electrons. The molecule has 0 fully saturated rings. The van der Waals surface area contributed by atoms with Crippen LogP contribution in [-0.4, -0.2) is 23.6 Å². The average Bonchev–Trinajstić information content (AvgIpc) is 2.42. The molecule has 0 amide bonds. The summed E-state index contributed by atoms with van der Waals surface area (Å²) in [5.41, 5.74) is 1.05. The molecule has 0 unspecified atom stereocenters. The average molecular weight is 358 g/mol. The van der Waals surface area contributed by atoms with Gasteiger partial charge in [-0.05, 0) is 23.8 Å². The van der Waals surface area contributed by atoms with Crippen LogP contribution < -0.4 is 4.74 Å². The first-order valence-corrected chi connectivity index (χ1v) is 6.70. The van der Waals surface area contributed by atoms with Gasteiger partial charge in [-0.15, -0.1) is 0 Å². The number of hydrogen-bond acceptors (Lipinski definition) is 4. The van der Waals surface area contributed by atoms with E-state index in [1.807, 2.05) is 0 Å². The summed E-state index contributed by atoms with van der Waals surface area (Å²) < 4.78 is 5.64. The summed E-state index contributed by atoms with van der Waals surface area (Å²) in [5.74, 6) is -0.912. The molecule has 0 aliphatic rings. The van der Waals surface area contributed by atoms with Crippen molar-refractivity contribution in [2.24, 2.45) is 0 Å². The number of hydrogen-bond donors (Lipinski definition) is 2. The number of carbonyl (C=O) groups excluding carboxylic acids is 1. The number of rotatable bonds is 3. The van der Waals surface area contributed by atoms with E-state index in [4.69, 9.17) is 16.3 Å². The number of benzene rings is 2. The number of methoxy groups -OCH3 is 1. The standard InChI is InChI=1S/C14H10BrClO4/c1-20-12-5-9(10(6-17)13(18)14(12)19)8-3-2-7(16)4-11(8)15/h2-6,18-19H,1H3. The van der Waals surface area contributed by atoms with Crippen LogP contribution in [0.2, 0.25) is 5.02 Å². The fraction of sp³-hybridized carbons (Fsp3) is 0.0714. The van der Waals surface area contributed by atoms with Crippen LogP contribution in [0.5, 0.6) is 17.2 Å². The molecular weight excluding hydrogens is 348 g/mol. The van der Waals surface area contributed by atoms with Crippen LogP contribution in [0, 0.1) is 0 Å². The third-order valence-electron chi connectivity index (χ3n) is 2.84. The van der Waals surface area contributed by atoms with Crippen LogP contribution in [0.25, 0.3) is 11.1 Å². The zero-order chi connectivity index (χ0) is 14.9. The number of ether oxygens (including phenoxy) is 1. The van der Waals surface area contributed by atoms with E-state index < -0.39 is 11.5 Å². The van der Waals surface area contributed by atoms with Crippen LogP contribution in [-0.2, 0) is 0 Å². The lowest BCUT2D eigenvalue weighted by molar-refractivity contribution is 0.112. The number of aromatic hydroxyl groups is 2. The maximum atomic E-state index is 11.2. The number of phenols is 2. The van der Waals surface area contributed by atoms with Crippen molar-refractivity contribution in [1.82, 2.24) is 0 Å². The van der Waals surface area contributed by atoms with Crippen LogP contribution in [0.3, 0.4) is 0 Å². The van der Waals surface area contributed by atoms with Crippen molar-refractivity contribution in [3.05, 3.63) is 39.3 Å². The molecule has 4 nitrogen and oxygen atoms in total. The molecule has 0 saturated heterocycles. The van der Waals surface area contributed by atoms with Gasteiger partial charge in [-0.2, -0.15) is 0 Å². The molecule has 2 N–H and O–H groups in total. The van der Waals surface area contributed by atoms with Crippen LogP contribution in [0.1, 0.15) is 10.4 Å². The van der Waals surface area contributed by atoms with E-state index in [9.17, 15) is 15.0 Å². The van der Waals surface area contributed by atoms with Gasteiger partial charge in [0.2, 0.25) is 5.75 Å². The second-order valence-corrected chi connectivity index (χ2v) is 5.27. The van der Waals surface area contributed by atoms with E-state index in [-0.39, 0.29) is 11.3 Å². The Morgan fingerprint density at radius 3 is 2.45 bits per heavy atom. The maximum absolute atomic E-state index is 11.2. The van der Waals surface area contributed by atoms with Gasteiger partial charge in [0.05, 0.1) is 12.7 Å². The summed E-state index contributed by atoms with van der Waals surface area (Å²) in [6.07, 6.45) is 0.477. The highest BCUT2D eigenvalue weighted by Crippen LogP contribution is 2.44. The summed E-state index contributed by atoms with van der Waals surface area (Å²) in [4.78, 5) is 11.2. The minimum atomic E-state index is -0.517. The summed E-state index contributed by atoms with van der Waals surface area (Å²) >= 11 is 9.23. The van der Waals surface area contributed by atoms with Crippen molar-refractivity contribution in [2.45, 2.75) is 0 Å².